The third-order valence-electron chi connectivity index (χ3n) is 1.85. The van der Waals surface area contributed by atoms with Crippen LogP contribution < -0.4 is 10.6 Å². The number of anilines is 2. The summed E-state index contributed by atoms with van der Waals surface area (Å²) in [5.74, 6) is -0.924. The van der Waals surface area contributed by atoms with Crippen molar-refractivity contribution < 1.29 is 9.90 Å². The summed E-state index contributed by atoms with van der Waals surface area (Å²) in [4.78, 5) is 10.6. The van der Waals surface area contributed by atoms with Crippen molar-refractivity contribution in [2.75, 3.05) is 10.6 Å². The maximum atomic E-state index is 10.6. The predicted molar refractivity (Wildman–Crippen MR) is 53.4 cm³/mol. The summed E-state index contributed by atoms with van der Waals surface area (Å²) in [5, 5.41) is 14.7. The van der Waals surface area contributed by atoms with E-state index >= 15 is 0 Å². The minimum Gasteiger partial charge on any atom is -0.478 e. The van der Waals surface area contributed by atoms with Crippen LogP contribution in [-0.2, 0) is 0 Å². The fourth-order valence-corrected chi connectivity index (χ4v) is 1.53. The molecule has 1 aromatic rings. The van der Waals surface area contributed by atoms with Crippen molar-refractivity contribution in [3.05, 3.63) is 23.8 Å². The van der Waals surface area contributed by atoms with Gasteiger partial charge in [-0.25, -0.2) is 4.79 Å². The monoisotopic (exact) mass is 196 g/mol. The zero-order valence-electron chi connectivity index (χ0n) is 6.61. The molecule has 3 N–H and O–H groups in total. The van der Waals surface area contributed by atoms with Gasteiger partial charge in [-0.1, -0.05) is 0 Å². The third-order valence-corrected chi connectivity index (χ3v) is 2.11. The Kier molecular flexibility index (Phi) is 1.81. The number of aromatic carboxylic acids is 1. The minimum atomic E-state index is -0.924. The van der Waals surface area contributed by atoms with Crippen molar-refractivity contribution in [3.8, 4) is 0 Å². The van der Waals surface area contributed by atoms with Crippen LogP contribution >= 0.6 is 12.6 Å². The molecule has 0 amide bonds. The van der Waals surface area contributed by atoms with Gasteiger partial charge in [0.25, 0.3) is 0 Å². The standard InChI is InChI=1S/C8H8N2O2S/c11-7(12)4-1-2-5-6(3-4)10-8(13)9-5/h1-3,8-10,13H,(H,11,12). The molecule has 0 aromatic heterocycles. The first-order chi connectivity index (χ1) is 6.16. The van der Waals surface area contributed by atoms with Crippen molar-refractivity contribution in [3.63, 3.8) is 0 Å². The second-order valence-electron chi connectivity index (χ2n) is 2.76. The lowest BCUT2D eigenvalue weighted by Crippen LogP contribution is -2.13. The Bertz CT molecular complexity index is 367. The van der Waals surface area contributed by atoms with E-state index in [2.05, 4.69) is 23.3 Å². The summed E-state index contributed by atoms with van der Waals surface area (Å²) in [6.07, 6.45) is 0. The summed E-state index contributed by atoms with van der Waals surface area (Å²) in [6.45, 7) is 0. The Balaban J connectivity index is 2.40. The van der Waals surface area contributed by atoms with Crippen LogP contribution in [0.5, 0.6) is 0 Å². The smallest absolute Gasteiger partial charge is 0.335 e. The molecule has 68 valence electrons. The van der Waals surface area contributed by atoms with Gasteiger partial charge < -0.3 is 15.7 Å². The first-order valence-corrected chi connectivity index (χ1v) is 4.27. The number of carboxylic acid groups (broad SMARTS) is 1. The summed E-state index contributed by atoms with van der Waals surface area (Å²) in [6, 6.07) is 4.87. The number of carboxylic acids is 1. The normalized spacial score (nSPS) is 18.7. The maximum Gasteiger partial charge on any atom is 0.335 e. The van der Waals surface area contributed by atoms with Crippen LogP contribution in [0.25, 0.3) is 0 Å². The van der Waals surface area contributed by atoms with E-state index in [0.717, 1.165) is 11.4 Å². The van der Waals surface area contributed by atoms with Gasteiger partial charge in [0.1, 0.15) is 5.50 Å². The summed E-state index contributed by atoms with van der Waals surface area (Å²) >= 11 is 4.15. The quantitative estimate of drug-likeness (QED) is 0.513. The molecule has 0 bridgehead atoms. The molecule has 0 aliphatic carbocycles. The van der Waals surface area contributed by atoms with Crippen LogP contribution in [0.15, 0.2) is 18.2 Å². The number of hydrogen-bond acceptors (Lipinski definition) is 4. The molecule has 0 radical (unpaired) electrons. The fraction of sp³-hybridized carbons (Fsp3) is 0.125. The van der Waals surface area contributed by atoms with Crippen LogP contribution in [0.4, 0.5) is 11.4 Å². The van der Waals surface area contributed by atoms with Crippen molar-refractivity contribution in [2.45, 2.75) is 5.50 Å². The minimum absolute atomic E-state index is 0.140. The Morgan fingerprint density at radius 1 is 1.38 bits per heavy atom. The molecule has 1 atom stereocenters. The molecule has 0 saturated heterocycles. The molecule has 4 nitrogen and oxygen atoms in total. The van der Waals surface area contributed by atoms with Crippen LogP contribution in [0.2, 0.25) is 0 Å². The van der Waals surface area contributed by atoms with E-state index < -0.39 is 5.97 Å². The van der Waals surface area contributed by atoms with Gasteiger partial charge in [0.15, 0.2) is 0 Å². The summed E-state index contributed by atoms with van der Waals surface area (Å²) < 4.78 is 0. The largest absolute Gasteiger partial charge is 0.478 e. The van der Waals surface area contributed by atoms with E-state index in [1.54, 1.807) is 18.2 Å². The highest BCUT2D eigenvalue weighted by atomic mass is 32.1. The number of fused-ring (bicyclic) bond motifs is 1. The Labute approximate surface area is 80.4 Å². The zero-order chi connectivity index (χ0) is 9.42. The summed E-state index contributed by atoms with van der Waals surface area (Å²) in [7, 11) is 0. The molecule has 5 heteroatoms. The van der Waals surface area contributed by atoms with Crippen LogP contribution in [0.3, 0.4) is 0 Å². The highest BCUT2D eigenvalue weighted by molar-refractivity contribution is 7.81. The highest BCUT2D eigenvalue weighted by Crippen LogP contribution is 2.30. The number of benzene rings is 1. The topological polar surface area (TPSA) is 61.4 Å². The molecular formula is C8H8N2O2S. The number of carbonyl (C=O) groups is 1. The lowest BCUT2D eigenvalue weighted by Gasteiger charge is -2.00. The van der Waals surface area contributed by atoms with Crippen LogP contribution in [0, 0.1) is 0 Å². The van der Waals surface area contributed by atoms with Gasteiger partial charge in [-0.05, 0) is 18.2 Å². The number of nitrogens with one attached hydrogen (secondary N) is 2. The van der Waals surface area contributed by atoms with Crippen molar-refractivity contribution >= 4 is 30.0 Å². The SMILES string of the molecule is O=C(O)c1ccc2c(c1)NC(S)N2. The zero-order valence-corrected chi connectivity index (χ0v) is 7.51. The molecule has 13 heavy (non-hydrogen) atoms. The lowest BCUT2D eigenvalue weighted by atomic mass is 10.2. The second kappa shape index (κ2) is 2.85. The van der Waals surface area contributed by atoms with Gasteiger partial charge in [-0.15, -0.1) is 12.6 Å². The molecule has 1 unspecified atom stereocenters. The molecule has 0 saturated carbocycles. The molecule has 1 aliphatic rings. The Morgan fingerprint density at radius 2 is 2.08 bits per heavy atom. The molecule has 1 aliphatic heterocycles. The van der Waals surface area contributed by atoms with E-state index in [0.29, 0.717) is 0 Å². The van der Waals surface area contributed by atoms with Crippen molar-refractivity contribution in [2.24, 2.45) is 0 Å². The van der Waals surface area contributed by atoms with Gasteiger partial charge in [-0.2, -0.15) is 0 Å². The van der Waals surface area contributed by atoms with E-state index in [1.165, 1.54) is 0 Å². The molecule has 0 fully saturated rings. The van der Waals surface area contributed by atoms with E-state index in [1.807, 2.05) is 0 Å². The number of rotatable bonds is 1. The highest BCUT2D eigenvalue weighted by Gasteiger charge is 2.17. The third kappa shape index (κ3) is 1.42. The second-order valence-corrected chi connectivity index (χ2v) is 3.27. The van der Waals surface area contributed by atoms with Crippen molar-refractivity contribution in [1.29, 1.82) is 0 Å². The molecular weight excluding hydrogens is 188 g/mol. The van der Waals surface area contributed by atoms with Crippen LogP contribution in [-0.4, -0.2) is 16.6 Å². The molecule has 2 rings (SSSR count). The van der Waals surface area contributed by atoms with Crippen LogP contribution in [0.1, 0.15) is 10.4 Å². The Hall–Kier alpha value is -1.36. The van der Waals surface area contributed by atoms with Gasteiger partial charge in [-0.3, -0.25) is 0 Å². The first kappa shape index (κ1) is 8.25. The van der Waals surface area contributed by atoms with Gasteiger partial charge in [0.05, 0.1) is 16.9 Å². The number of hydrogen-bond donors (Lipinski definition) is 4. The van der Waals surface area contributed by atoms with E-state index in [-0.39, 0.29) is 11.1 Å². The van der Waals surface area contributed by atoms with Crippen molar-refractivity contribution in [1.82, 2.24) is 0 Å². The lowest BCUT2D eigenvalue weighted by molar-refractivity contribution is 0.0697. The molecule has 1 heterocycles. The number of thiol groups is 1. The predicted octanol–water partition coefficient (Wildman–Crippen LogP) is 1.44. The van der Waals surface area contributed by atoms with Gasteiger partial charge >= 0.3 is 5.97 Å². The average Bonchev–Trinajstić information content (AvgIpc) is 2.42. The van der Waals surface area contributed by atoms with Gasteiger partial charge in [0.2, 0.25) is 0 Å². The average molecular weight is 196 g/mol. The molecule has 1 aromatic carbocycles. The van der Waals surface area contributed by atoms with Gasteiger partial charge in [0, 0.05) is 0 Å². The fourth-order valence-electron chi connectivity index (χ4n) is 1.25. The Morgan fingerprint density at radius 3 is 2.77 bits per heavy atom. The maximum absolute atomic E-state index is 10.6. The molecule has 0 spiro atoms. The first-order valence-electron chi connectivity index (χ1n) is 3.75. The van der Waals surface area contributed by atoms with E-state index in [4.69, 9.17) is 5.11 Å². The van der Waals surface area contributed by atoms with E-state index in [9.17, 15) is 4.79 Å². The summed E-state index contributed by atoms with van der Waals surface area (Å²) in [5.41, 5.74) is 1.79.